The Labute approximate surface area is 274 Å². The first-order valence-electron chi connectivity index (χ1n) is 14.9. The molecule has 5 rings (SSSR count). The SMILES string of the molecule is CON1C(=O)C(NC(=O)/C(=N\OC(C)(C(=O)O)C2CCc3cc(-c4cn(C)c(=N)n4CCCN)ccc3O2)c2csc(N)n2)C1(C)C. The number of carboxylic acids is 1. The Morgan fingerprint density at radius 3 is 2.72 bits per heavy atom. The zero-order valence-corrected chi connectivity index (χ0v) is 27.6. The number of nitrogens with two attached hydrogens (primary N) is 2. The number of carbonyl (C=O) groups excluding carboxylic acids is 2. The average Bonchev–Trinajstić information content (AvgIpc) is 3.59. The number of aromatic nitrogens is 3. The van der Waals surface area contributed by atoms with Gasteiger partial charge in [0.15, 0.2) is 16.9 Å². The molecule has 3 atom stereocenters. The van der Waals surface area contributed by atoms with Gasteiger partial charge in [-0.05, 0) is 70.3 Å². The van der Waals surface area contributed by atoms with Gasteiger partial charge in [0.25, 0.3) is 17.4 Å². The van der Waals surface area contributed by atoms with Crippen molar-refractivity contribution in [2.45, 2.75) is 69.9 Å². The predicted octanol–water partition coefficient (Wildman–Crippen LogP) is 0.985. The van der Waals surface area contributed by atoms with E-state index in [-0.39, 0.29) is 23.0 Å². The molecule has 2 aliphatic rings. The van der Waals surface area contributed by atoms with Crippen molar-refractivity contribution in [3.05, 3.63) is 46.7 Å². The molecular weight excluding hydrogens is 630 g/mol. The fraction of sp³-hybridized carbons (Fsp3) is 0.467. The summed E-state index contributed by atoms with van der Waals surface area (Å²) in [7, 11) is 3.16. The summed E-state index contributed by atoms with van der Waals surface area (Å²) in [5.74, 6) is -2.15. The lowest BCUT2D eigenvalue weighted by atomic mass is 9.84. The highest BCUT2D eigenvalue weighted by molar-refractivity contribution is 7.13. The number of imidazole rings is 1. The molecular formula is C30H39N9O7S. The molecule has 0 aliphatic carbocycles. The number of hydroxylamine groups is 2. The smallest absolute Gasteiger partial charge is 0.354 e. The second kappa shape index (κ2) is 12.8. The zero-order chi connectivity index (χ0) is 34.3. The van der Waals surface area contributed by atoms with E-state index in [0.717, 1.165) is 39.6 Å². The van der Waals surface area contributed by atoms with Crippen LogP contribution in [0, 0.1) is 5.41 Å². The van der Waals surface area contributed by atoms with E-state index in [4.69, 9.17) is 31.3 Å². The van der Waals surface area contributed by atoms with E-state index in [2.05, 4.69) is 15.5 Å². The number of carbonyl (C=O) groups is 3. The van der Waals surface area contributed by atoms with Crippen LogP contribution in [0.15, 0.2) is 34.9 Å². The van der Waals surface area contributed by atoms with Crippen molar-refractivity contribution < 1.29 is 33.9 Å². The minimum absolute atomic E-state index is 0.0498. The number of amides is 2. The number of β-lactam (4-membered cyclic amide) rings is 1. The van der Waals surface area contributed by atoms with Crippen molar-refractivity contribution in [1.82, 2.24) is 24.5 Å². The molecule has 0 radical (unpaired) electrons. The van der Waals surface area contributed by atoms with E-state index >= 15 is 0 Å². The van der Waals surface area contributed by atoms with Crippen LogP contribution in [-0.2, 0) is 44.1 Å². The molecule has 2 aliphatic heterocycles. The van der Waals surface area contributed by atoms with Crippen LogP contribution < -0.4 is 27.1 Å². The first-order chi connectivity index (χ1) is 22.2. The monoisotopic (exact) mass is 669 g/mol. The number of benzene rings is 1. The van der Waals surface area contributed by atoms with Gasteiger partial charge in [-0.15, -0.1) is 11.3 Å². The Balaban J connectivity index is 1.39. The third-order valence-corrected chi connectivity index (χ3v) is 9.24. The molecule has 3 unspecified atom stereocenters. The summed E-state index contributed by atoms with van der Waals surface area (Å²) in [5.41, 5.74) is 11.3. The number of oxime groups is 1. The van der Waals surface area contributed by atoms with Gasteiger partial charge in [0.2, 0.25) is 5.62 Å². The van der Waals surface area contributed by atoms with Gasteiger partial charge in [0.05, 0.1) is 18.3 Å². The molecule has 0 saturated carbocycles. The van der Waals surface area contributed by atoms with E-state index in [1.807, 2.05) is 29.9 Å². The summed E-state index contributed by atoms with van der Waals surface area (Å²) in [5, 5.41) is 28.2. The average molecular weight is 670 g/mol. The molecule has 7 N–H and O–H groups in total. The summed E-state index contributed by atoms with van der Waals surface area (Å²) in [4.78, 5) is 53.6. The van der Waals surface area contributed by atoms with Crippen LogP contribution in [0.4, 0.5) is 5.13 Å². The topological polar surface area (TPSA) is 225 Å². The molecule has 16 nitrogen and oxygen atoms in total. The summed E-state index contributed by atoms with van der Waals surface area (Å²) in [6, 6.07) is 4.65. The van der Waals surface area contributed by atoms with E-state index in [1.54, 1.807) is 24.5 Å². The Morgan fingerprint density at radius 2 is 2.11 bits per heavy atom. The van der Waals surface area contributed by atoms with Crippen LogP contribution in [0.2, 0.25) is 0 Å². The van der Waals surface area contributed by atoms with Crippen molar-refractivity contribution in [3.63, 3.8) is 0 Å². The first-order valence-corrected chi connectivity index (χ1v) is 15.8. The molecule has 47 heavy (non-hydrogen) atoms. The number of hydrogen-bond acceptors (Lipinski definition) is 12. The molecule has 2 aromatic heterocycles. The molecule has 0 bridgehead atoms. The Kier molecular flexibility index (Phi) is 9.16. The van der Waals surface area contributed by atoms with E-state index in [0.29, 0.717) is 30.9 Å². The minimum atomic E-state index is -2.02. The van der Waals surface area contributed by atoms with Gasteiger partial charge in [-0.2, -0.15) is 0 Å². The Hall–Kier alpha value is -4.74. The van der Waals surface area contributed by atoms with Crippen molar-refractivity contribution >= 4 is 40.0 Å². The lowest BCUT2D eigenvalue weighted by molar-refractivity contribution is -0.245. The maximum Gasteiger partial charge on any atom is 0.354 e. The second-order valence-electron chi connectivity index (χ2n) is 12.1. The van der Waals surface area contributed by atoms with Crippen molar-refractivity contribution in [2.24, 2.45) is 17.9 Å². The number of fused-ring (bicyclic) bond motifs is 1. The third kappa shape index (κ3) is 6.08. The first kappa shape index (κ1) is 33.6. The quantitative estimate of drug-likeness (QED) is 0.104. The lowest BCUT2D eigenvalue weighted by Crippen LogP contribution is -2.76. The van der Waals surface area contributed by atoms with Gasteiger partial charge in [-0.3, -0.25) is 19.8 Å². The van der Waals surface area contributed by atoms with Crippen LogP contribution in [0.3, 0.4) is 0 Å². The number of nitrogens with zero attached hydrogens (tertiary/aromatic N) is 5. The number of ether oxygens (including phenoxy) is 1. The summed E-state index contributed by atoms with van der Waals surface area (Å²) >= 11 is 1.05. The standard InChI is InChI=1S/C30H39N9O7S/c1-29(2)23(25(41)39(29)44-5)35-24(40)22(18-15-47-27(32)34-18)36-46-30(3,26(42)43)21-10-8-17-13-16(7-9-20(17)45-21)19-14-37(4)28(33)38(19)12-6-11-31/h7,9,13-15,21,23,33H,6,8,10-12,31H2,1-5H3,(H2,32,34)(H,35,40)(H,42,43)/b33-28?,36-22-. The van der Waals surface area contributed by atoms with Gasteiger partial charge in [-0.1, -0.05) is 5.16 Å². The van der Waals surface area contributed by atoms with Gasteiger partial charge in [0, 0.05) is 30.7 Å². The molecule has 3 aromatic rings. The number of aryl methyl sites for hydroxylation is 2. The van der Waals surface area contributed by atoms with E-state index in [9.17, 15) is 19.5 Å². The molecule has 0 spiro atoms. The zero-order valence-electron chi connectivity index (χ0n) is 26.8. The number of anilines is 1. The molecule has 1 saturated heterocycles. The fourth-order valence-corrected chi connectivity index (χ4v) is 6.30. The summed E-state index contributed by atoms with van der Waals surface area (Å²) in [6.07, 6.45) is 2.36. The number of nitrogen functional groups attached to an aromatic ring is 1. The second-order valence-corrected chi connectivity index (χ2v) is 13.0. The lowest BCUT2D eigenvalue weighted by Gasteiger charge is -2.51. The highest BCUT2D eigenvalue weighted by Crippen LogP contribution is 2.36. The highest BCUT2D eigenvalue weighted by Gasteiger charge is 2.56. The van der Waals surface area contributed by atoms with E-state index in [1.165, 1.54) is 19.4 Å². The van der Waals surface area contributed by atoms with Gasteiger partial charge in [-0.25, -0.2) is 14.8 Å². The number of aliphatic carboxylic acids is 1. The van der Waals surface area contributed by atoms with Gasteiger partial charge < -0.3 is 40.6 Å². The largest absolute Gasteiger partial charge is 0.485 e. The molecule has 252 valence electrons. The van der Waals surface area contributed by atoms with Gasteiger partial charge in [0.1, 0.15) is 17.5 Å². The van der Waals surface area contributed by atoms with Gasteiger partial charge >= 0.3 is 5.97 Å². The Morgan fingerprint density at radius 1 is 1.36 bits per heavy atom. The number of hydrogen-bond donors (Lipinski definition) is 5. The van der Waals surface area contributed by atoms with Crippen LogP contribution in [0.25, 0.3) is 11.3 Å². The molecule has 4 heterocycles. The predicted molar refractivity (Wildman–Crippen MR) is 171 cm³/mol. The molecule has 1 aromatic carbocycles. The van der Waals surface area contributed by atoms with Crippen molar-refractivity contribution in [3.8, 4) is 17.0 Å². The molecule has 1 fully saturated rings. The summed E-state index contributed by atoms with van der Waals surface area (Å²) in [6.45, 7) is 5.86. The van der Waals surface area contributed by atoms with Crippen molar-refractivity contribution in [2.75, 3.05) is 19.4 Å². The van der Waals surface area contributed by atoms with Crippen LogP contribution in [0.1, 0.15) is 44.9 Å². The fourth-order valence-electron chi connectivity index (χ4n) is 5.76. The molecule has 17 heteroatoms. The highest BCUT2D eigenvalue weighted by atomic mass is 32.1. The maximum absolute atomic E-state index is 13.5. The van der Waals surface area contributed by atoms with Crippen LogP contribution in [0.5, 0.6) is 5.75 Å². The number of rotatable bonds is 12. The summed E-state index contributed by atoms with van der Waals surface area (Å²) < 4.78 is 9.83. The number of nitrogens with one attached hydrogen (secondary N) is 2. The Bertz CT molecular complexity index is 1800. The van der Waals surface area contributed by atoms with E-state index < -0.39 is 41.1 Å². The van der Waals surface area contributed by atoms with Crippen LogP contribution >= 0.6 is 11.3 Å². The maximum atomic E-state index is 13.5. The normalized spacial score (nSPS) is 20.1. The number of carboxylic acid groups (broad SMARTS) is 1. The van der Waals surface area contributed by atoms with Crippen LogP contribution in [-0.4, -0.2) is 84.7 Å². The molecule has 2 amide bonds. The minimum Gasteiger partial charge on any atom is -0.485 e. The number of thiazole rings is 1. The van der Waals surface area contributed by atoms with Crippen molar-refractivity contribution in [1.29, 1.82) is 5.41 Å². The third-order valence-electron chi connectivity index (χ3n) is 8.56.